The molecule has 5 heteroatoms. The fourth-order valence-corrected chi connectivity index (χ4v) is 4.05. The normalized spacial score (nSPS) is 19.6. The molecule has 0 heterocycles. The predicted octanol–water partition coefficient (Wildman–Crippen LogP) is 3.79. The monoisotopic (exact) mass is 369 g/mol. The van der Waals surface area contributed by atoms with Gasteiger partial charge in [-0.1, -0.05) is 43.2 Å². The van der Waals surface area contributed by atoms with Gasteiger partial charge in [0.05, 0.1) is 18.4 Å². The first-order chi connectivity index (χ1) is 13.1. The van der Waals surface area contributed by atoms with Crippen molar-refractivity contribution in [1.82, 2.24) is 5.32 Å². The summed E-state index contributed by atoms with van der Waals surface area (Å²) in [6.07, 6.45) is 3.69. The van der Waals surface area contributed by atoms with E-state index in [0.717, 1.165) is 34.9 Å². The molecule has 1 amide bonds. The van der Waals surface area contributed by atoms with Gasteiger partial charge < -0.3 is 15.2 Å². The lowest BCUT2D eigenvalue weighted by molar-refractivity contribution is -0.148. The molecular weight excluding hydrogens is 342 g/mol. The Bertz CT molecular complexity index is 817. The molecule has 0 aliphatic heterocycles. The zero-order chi connectivity index (χ0) is 19.2. The minimum Gasteiger partial charge on any atom is -0.494 e. The average molecular weight is 369 g/mol. The predicted molar refractivity (Wildman–Crippen MR) is 105 cm³/mol. The molecule has 2 unspecified atom stereocenters. The number of aliphatic carboxylic acids is 1. The van der Waals surface area contributed by atoms with E-state index >= 15 is 0 Å². The summed E-state index contributed by atoms with van der Waals surface area (Å²) in [5.41, 5.74) is 1.08. The molecule has 1 fully saturated rings. The van der Waals surface area contributed by atoms with E-state index in [4.69, 9.17) is 4.74 Å². The van der Waals surface area contributed by atoms with Gasteiger partial charge in [-0.3, -0.25) is 9.59 Å². The van der Waals surface area contributed by atoms with E-state index < -0.39 is 17.8 Å². The Kier molecular flexibility index (Phi) is 6.32. The maximum Gasteiger partial charge on any atom is 0.307 e. The van der Waals surface area contributed by atoms with Crippen LogP contribution in [0.3, 0.4) is 0 Å². The van der Waals surface area contributed by atoms with E-state index in [1.807, 2.05) is 31.2 Å². The number of nitrogens with one attached hydrogen (secondary N) is 1. The van der Waals surface area contributed by atoms with Crippen LogP contribution in [-0.2, 0) is 16.0 Å². The molecule has 144 valence electrons. The van der Waals surface area contributed by atoms with Gasteiger partial charge in [0.15, 0.2) is 0 Å². The SMILES string of the molecule is CCOc1ccc2ccccc2c1CCNC(=O)C1CCCCC1C(=O)O. The summed E-state index contributed by atoms with van der Waals surface area (Å²) in [7, 11) is 0. The van der Waals surface area contributed by atoms with Crippen LogP contribution in [0.25, 0.3) is 10.8 Å². The Morgan fingerprint density at radius 2 is 1.85 bits per heavy atom. The first kappa shape index (κ1) is 19.2. The standard InChI is InChI=1S/C22H27NO4/c1-2-27-20-12-11-15-7-3-4-8-16(15)17(20)13-14-23-21(24)18-9-5-6-10-19(18)22(25)26/h3-4,7-8,11-12,18-19H,2,5-6,9-10,13-14H2,1H3,(H,23,24)(H,25,26). The van der Waals surface area contributed by atoms with Gasteiger partial charge in [0, 0.05) is 12.1 Å². The first-order valence-electron chi connectivity index (χ1n) is 9.75. The molecule has 0 radical (unpaired) electrons. The molecule has 2 aromatic rings. The topological polar surface area (TPSA) is 75.6 Å². The molecule has 0 aromatic heterocycles. The lowest BCUT2D eigenvalue weighted by Gasteiger charge is -2.27. The van der Waals surface area contributed by atoms with E-state index in [-0.39, 0.29) is 5.91 Å². The maximum absolute atomic E-state index is 12.6. The molecule has 1 aliphatic rings. The minimum atomic E-state index is -0.859. The molecule has 2 aromatic carbocycles. The second-order valence-electron chi connectivity index (χ2n) is 7.07. The van der Waals surface area contributed by atoms with Crippen LogP contribution < -0.4 is 10.1 Å². The van der Waals surface area contributed by atoms with Crippen LogP contribution >= 0.6 is 0 Å². The van der Waals surface area contributed by atoms with Crippen molar-refractivity contribution in [1.29, 1.82) is 0 Å². The van der Waals surface area contributed by atoms with Gasteiger partial charge in [-0.2, -0.15) is 0 Å². The van der Waals surface area contributed by atoms with Crippen molar-refractivity contribution in [2.75, 3.05) is 13.2 Å². The maximum atomic E-state index is 12.6. The molecule has 0 saturated heterocycles. The van der Waals surface area contributed by atoms with Crippen LogP contribution in [0.2, 0.25) is 0 Å². The van der Waals surface area contributed by atoms with Gasteiger partial charge in [-0.15, -0.1) is 0 Å². The van der Waals surface area contributed by atoms with Crippen LogP contribution in [0.15, 0.2) is 36.4 Å². The number of carboxylic acid groups (broad SMARTS) is 1. The summed E-state index contributed by atoms with van der Waals surface area (Å²) in [5.74, 6) is -1.14. The molecule has 0 spiro atoms. The van der Waals surface area contributed by atoms with E-state index in [1.54, 1.807) is 0 Å². The van der Waals surface area contributed by atoms with Crippen LogP contribution in [0.5, 0.6) is 5.75 Å². The highest BCUT2D eigenvalue weighted by Crippen LogP contribution is 2.31. The second kappa shape index (κ2) is 8.89. The number of benzene rings is 2. The molecule has 2 atom stereocenters. The Morgan fingerprint density at radius 3 is 2.59 bits per heavy atom. The first-order valence-corrected chi connectivity index (χ1v) is 9.75. The van der Waals surface area contributed by atoms with E-state index in [0.29, 0.717) is 32.4 Å². The molecule has 2 N–H and O–H groups in total. The van der Waals surface area contributed by atoms with Crippen molar-refractivity contribution in [3.05, 3.63) is 42.0 Å². The third-order valence-electron chi connectivity index (χ3n) is 5.39. The average Bonchev–Trinajstić information content (AvgIpc) is 2.69. The number of hydrogen-bond donors (Lipinski definition) is 2. The van der Waals surface area contributed by atoms with Gasteiger partial charge in [-0.05, 0) is 43.0 Å². The number of fused-ring (bicyclic) bond motifs is 1. The zero-order valence-corrected chi connectivity index (χ0v) is 15.7. The smallest absolute Gasteiger partial charge is 0.307 e. The largest absolute Gasteiger partial charge is 0.494 e. The van der Waals surface area contributed by atoms with Crippen molar-refractivity contribution < 1.29 is 19.4 Å². The van der Waals surface area contributed by atoms with Gasteiger partial charge in [0.2, 0.25) is 5.91 Å². The summed E-state index contributed by atoms with van der Waals surface area (Å²) in [6.45, 7) is 3.01. The fraction of sp³-hybridized carbons (Fsp3) is 0.455. The number of hydrogen-bond acceptors (Lipinski definition) is 3. The molecule has 5 nitrogen and oxygen atoms in total. The Hall–Kier alpha value is -2.56. The highest BCUT2D eigenvalue weighted by atomic mass is 16.5. The van der Waals surface area contributed by atoms with Crippen LogP contribution in [0, 0.1) is 11.8 Å². The molecular formula is C22H27NO4. The van der Waals surface area contributed by atoms with Crippen molar-refractivity contribution in [3.63, 3.8) is 0 Å². The van der Waals surface area contributed by atoms with Crippen molar-refractivity contribution in [3.8, 4) is 5.75 Å². The number of ether oxygens (including phenoxy) is 1. The number of rotatable bonds is 7. The van der Waals surface area contributed by atoms with Gasteiger partial charge in [0.25, 0.3) is 0 Å². The Labute approximate surface area is 159 Å². The zero-order valence-electron chi connectivity index (χ0n) is 15.7. The summed E-state index contributed by atoms with van der Waals surface area (Å²) in [4.78, 5) is 24.0. The summed E-state index contributed by atoms with van der Waals surface area (Å²) in [5, 5.41) is 14.6. The van der Waals surface area contributed by atoms with E-state index in [2.05, 4.69) is 17.4 Å². The number of carboxylic acids is 1. The molecule has 1 saturated carbocycles. The summed E-state index contributed by atoms with van der Waals surface area (Å²) >= 11 is 0. The Morgan fingerprint density at radius 1 is 1.11 bits per heavy atom. The lowest BCUT2D eigenvalue weighted by Crippen LogP contribution is -2.40. The lowest BCUT2D eigenvalue weighted by atomic mass is 9.78. The minimum absolute atomic E-state index is 0.139. The molecule has 0 bridgehead atoms. The second-order valence-corrected chi connectivity index (χ2v) is 7.07. The highest BCUT2D eigenvalue weighted by Gasteiger charge is 2.35. The van der Waals surface area contributed by atoms with Gasteiger partial charge >= 0.3 is 5.97 Å². The molecule has 3 rings (SSSR count). The quantitative estimate of drug-likeness (QED) is 0.779. The van der Waals surface area contributed by atoms with Crippen molar-refractivity contribution >= 4 is 22.6 Å². The van der Waals surface area contributed by atoms with Gasteiger partial charge in [0.1, 0.15) is 5.75 Å². The summed E-state index contributed by atoms with van der Waals surface area (Å²) in [6, 6.07) is 12.2. The molecule has 27 heavy (non-hydrogen) atoms. The Balaban J connectivity index is 1.70. The number of carbonyl (C=O) groups is 2. The van der Waals surface area contributed by atoms with Crippen LogP contribution in [0.4, 0.5) is 0 Å². The fourth-order valence-electron chi connectivity index (χ4n) is 4.05. The number of carbonyl (C=O) groups excluding carboxylic acids is 1. The van der Waals surface area contributed by atoms with Gasteiger partial charge in [-0.25, -0.2) is 0 Å². The van der Waals surface area contributed by atoms with E-state index in [1.165, 1.54) is 0 Å². The van der Waals surface area contributed by atoms with E-state index in [9.17, 15) is 14.7 Å². The summed E-state index contributed by atoms with van der Waals surface area (Å²) < 4.78 is 5.78. The van der Waals surface area contributed by atoms with Crippen LogP contribution in [0.1, 0.15) is 38.2 Å². The van der Waals surface area contributed by atoms with Crippen LogP contribution in [-0.4, -0.2) is 30.1 Å². The third kappa shape index (κ3) is 4.41. The highest BCUT2D eigenvalue weighted by molar-refractivity contribution is 5.88. The molecule has 1 aliphatic carbocycles. The van der Waals surface area contributed by atoms with Crippen molar-refractivity contribution in [2.24, 2.45) is 11.8 Å². The van der Waals surface area contributed by atoms with Crippen molar-refractivity contribution in [2.45, 2.75) is 39.0 Å². The number of amides is 1. The third-order valence-corrected chi connectivity index (χ3v) is 5.39.